The highest BCUT2D eigenvalue weighted by Crippen LogP contribution is 2.61. The molecule has 3 amide bonds. The fourth-order valence-corrected chi connectivity index (χ4v) is 5.28. The molecule has 0 aromatic heterocycles. The van der Waals surface area contributed by atoms with Crippen molar-refractivity contribution < 1.29 is 23.5 Å². The average molecular weight is 413 g/mol. The van der Waals surface area contributed by atoms with Gasteiger partial charge in [-0.2, -0.15) is 5.26 Å². The van der Waals surface area contributed by atoms with Gasteiger partial charge >= 0.3 is 0 Å². The lowest BCUT2D eigenvalue weighted by molar-refractivity contribution is -0.132. The molecule has 1 N–H and O–H groups in total. The van der Waals surface area contributed by atoms with Crippen LogP contribution in [-0.2, 0) is 25.8 Å². The molecule has 3 aliphatic rings. The van der Waals surface area contributed by atoms with E-state index in [9.17, 15) is 18.8 Å². The lowest BCUT2D eigenvalue weighted by atomic mass is 9.66. The van der Waals surface area contributed by atoms with Crippen LogP contribution in [0.3, 0.4) is 0 Å². The van der Waals surface area contributed by atoms with Gasteiger partial charge in [-0.15, -0.1) is 0 Å². The SMILES string of the molecule is CC(C)C(=O)N[C@@H]1CC2(C)OC1(C)[C@@H]1C(=O)N(c3ccc(C#N)c(CF)c3)C(=O)[C@@H]12. The van der Waals surface area contributed by atoms with Gasteiger partial charge in [0.25, 0.3) is 0 Å². The van der Waals surface area contributed by atoms with Crippen molar-refractivity contribution in [1.82, 2.24) is 5.32 Å². The Kier molecular flexibility index (Phi) is 4.51. The second kappa shape index (κ2) is 6.61. The maximum atomic E-state index is 13.4. The fourth-order valence-electron chi connectivity index (χ4n) is 5.28. The van der Waals surface area contributed by atoms with Gasteiger partial charge < -0.3 is 10.1 Å². The van der Waals surface area contributed by atoms with Crippen LogP contribution in [0.5, 0.6) is 0 Å². The van der Waals surface area contributed by atoms with Crippen LogP contribution in [0.2, 0.25) is 0 Å². The summed E-state index contributed by atoms with van der Waals surface area (Å²) >= 11 is 0. The third kappa shape index (κ3) is 2.61. The third-order valence-corrected chi connectivity index (χ3v) is 6.79. The van der Waals surface area contributed by atoms with E-state index in [0.717, 1.165) is 4.90 Å². The van der Waals surface area contributed by atoms with Crippen LogP contribution in [0.15, 0.2) is 18.2 Å². The lowest BCUT2D eigenvalue weighted by Crippen LogP contribution is -2.57. The number of nitrogens with zero attached hydrogens (tertiary/aromatic N) is 2. The Balaban J connectivity index is 1.71. The summed E-state index contributed by atoms with van der Waals surface area (Å²) in [5, 5.41) is 12.1. The number of carbonyl (C=O) groups is 3. The third-order valence-electron chi connectivity index (χ3n) is 6.79. The Morgan fingerprint density at radius 1 is 1.33 bits per heavy atom. The number of nitriles is 1. The minimum Gasteiger partial charge on any atom is -0.365 e. The molecule has 3 aliphatic heterocycles. The number of ether oxygens (including phenoxy) is 1. The summed E-state index contributed by atoms with van der Waals surface area (Å²) in [5.41, 5.74) is -1.35. The Bertz CT molecular complexity index is 1000. The molecule has 0 saturated carbocycles. The van der Waals surface area contributed by atoms with Crippen molar-refractivity contribution in [3.05, 3.63) is 29.3 Å². The van der Waals surface area contributed by atoms with Crippen molar-refractivity contribution in [2.45, 2.75) is 58.0 Å². The number of halogens is 1. The van der Waals surface area contributed by atoms with E-state index >= 15 is 0 Å². The molecular weight excluding hydrogens is 389 g/mol. The number of carbonyl (C=O) groups excluding carboxylic acids is 3. The van der Waals surface area contributed by atoms with E-state index in [1.54, 1.807) is 27.7 Å². The van der Waals surface area contributed by atoms with Gasteiger partial charge in [-0.05, 0) is 38.5 Å². The van der Waals surface area contributed by atoms with Gasteiger partial charge in [0.2, 0.25) is 17.7 Å². The first-order chi connectivity index (χ1) is 14.1. The van der Waals surface area contributed by atoms with Crippen LogP contribution in [0.1, 0.15) is 45.2 Å². The smallest absolute Gasteiger partial charge is 0.240 e. The van der Waals surface area contributed by atoms with Gasteiger partial charge in [-0.25, -0.2) is 9.29 Å². The Labute approximate surface area is 174 Å². The molecule has 3 heterocycles. The number of rotatable bonds is 4. The minimum absolute atomic E-state index is 0.131. The van der Waals surface area contributed by atoms with E-state index in [4.69, 9.17) is 10.00 Å². The van der Waals surface area contributed by atoms with Gasteiger partial charge in [0.1, 0.15) is 6.67 Å². The number of imide groups is 1. The van der Waals surface area contributed by atoms with Gasteiger partial charge in [-0.3, -0.25) is 14.4 Å². The summed E-state index contributed by atoms with van der Waals surface area (Å²) in [6, 6.07) is 5.79. The molecule has 1 aromatic rings. The molecule has 4 rings (SSSR count). The highest BCUT2D eigenvalue weighted by Gasteiger charge is 2.76. The topological polar surface area (TPSA) is 99.5 Å². The Morgan fingerprint density at radius 3 is 2.60 bits per heavy atom. The summed E-state index contributed by atoms with van der Waals surface area (Å²) in [7, 11) is 0. The van der Waals surface area contributed by atoms with Gasteiger partial charge in [0.15, 0.2) is 0 Å². The maximum Gasteiger partial charge on any atom is 0.240 e. The van der Waals surface area contributed by atoms with Crippen molar-refractivity contribution in [2.75, 3.05) is 4.90 Å². The monoisotopic (exact) mass is 413 g/mol. The summed E-state index contributed by atoms with van der Waals surface area (Å²) in [4.78, 5) is 40.1. The van der Waals surface area contributed by atoms with E-state index in [1.807, 2.05) is 6.07 Å². The normalized spacial score (nSPS) is 34.4. The summed E-state index contributed by atoms with van der Waals surface area (Å²) in [5.74, 6) is -2.58. The first kappa shape index (κ1) is 20.5. The molecule has 3 fully saturated rings. The van der Waals surface area contributed by atoms with E-state index in [2.05, 4.69) is 5.32 Å². The molecular formula is C22H24FN3O4. The first-order valence-electron chi connectivity index (χ1n) is 10.0. The second-order valence-corrected chi connectivity index (χ2v) is 9.07. The summed E-state index contributed by atoms with van der Waals surface area (Å²) < 4.78 is 19.6. The molecule has 2 unspecified atom stereocenters. The molecule has 3 saturated heterocycles. The molecule has 0 radical (unpaired) electrons. The van der Waals surface area contributed by atoms with Crippen molar-refractivity contribution in [3.63, 3.8) is 0 Å². The standard InChI is InChI=1S/C22H24FN3O4/c1-11(2)18(27)25-15-8-21(3)16-17(22(15,4)30-21)20(29)26(19(16)28)14-6-5-12(10-24)13(7-14)9-23/h5-7,11,15-17H,8-9H2,1-4H3,(H,25,27)/t15-,16-,17+,21?,22?/m1/s1. The molecule has 30 heavy (non-hydrogen) atoms. The van der Waals surface area contributed by atoms with Gasteiger partial charge in [-0.1, -0.05) is 13.8 Å². The van der Waals surface area contributed by atoms with Crippen LogP contribution in [0.25, 0.3) is 0 Å². The van der Waals surface area contributed by atoms with Crippen molar-refractivity contribution in [1.29, 1.82) is 5.26 Å². The van der Waals surface area contributed by atoms with Gasteiger partial charge in [0.05, 0.1) is 46.4 Å². The fraction of sp³-hybridized carbons (Fsp3) is 0.545. The van der Waals surface area contributed by atoms with Crippen molar-refractivity contribution in [2.24, 2.45) is 17.8 Å². The van der Waals surface area contributed by atoms with Crippen LogP contribution in [0, 0.1) is 29.1 Å². The molecule has 5 atom stereocenters. The zero-order chi connectivity index (χ0) is 22.0. The van der Waals surface area contributed by atoms with E-state index in [-0.39, 0.29) is 34.5 Å². The maximum absolute atomic E-state index is 13.4. The van der Waals surface area contributed by atoms with Crippen LogP contribution < -0.4 is 10.2 Å². The zero-order valence-corrected chi connectivity index (χ0v) is 17.4. The predicted molar refractivity (Wildman–Crippen MR) is 105 cm³/mol. The number of alkyl halides is 1. The summed E-state index contributed by atoms with van der Waals surface area (Å²) in [6.07, 6.45) is 0.430. The Hall–Kier alpha value is -2.79. The van der Waals surface area contributed by atoms with E-state index < -0.39 is 41.7 Å². The number of nitrogens with one attached hydrogen (secondary N) is 1. The van der Waals surface area contributed by atoms with Crippen molar-refractivity contribution >= 4 is 23.4 Å². The predicted octanol–water partition coefficient (Wildman–Crippen LogP) is 2.23. The number of benzene rings is 1. The lowest BCUT2D eigenvalue weighted by Gasteiger charge is -2.36. The first-order valence-corrected chi connectivity index (χ1v) is 10.0. The highest BCUT2D eigenvalue weighted by molar-refractivity contribution is 6.23. The Morgan fingerprint density at radius 2 is 2.00 bits per heavy atom. The molecule has 8 heteroatoms. The molecule has 2 bridgehead atoms. The number of anilines is 1. The molecule has 158 valence electrons. The number of amides is 3. The average Bonchev–Trinajstić information content (AvgIpc) is 3.22. The van der Waals surface area contributed by atoms with Crippen molar-refractivity contribution in [3.8, 4) is 6.07 Å². The van der Waals surface area contributed by atoms with Crippen LogP contribution in [-0.4, -0.2) is 35.0 Å². The quantitative estimate of drug-likeness (QED) is 0.763. The molecule has 1 aromatic carbocycles. The molecule has 0 spiro atoms. The highest BCUT2D eigenvalue weighted by atomic mass is 19.1. The van der Waals surface area contributed by atoms with Crippen LogP contribution in [0.4, 0.5) is 10.1 Å². The number of fused-ring (bicyclic) bond motifs is 5. The van der Waals surface area contributed by atoms with E-state index in [0.29, 0.717) is 6.42 Å². The minimum atomic E-state index is -1.01. The number of hydrogen-bond acceptors (Lipinski definition) is 5. The number of hydrogen-bond donors (Lipinski definition) is 1. The molecule has 0 aliphatic carbocycles. The summed E-state index contributed by atoms with van der Waals surface area (Å²) in [6.45, 7) is 6.28. The zero-order valence-electron chi connectivity index (χ0n) is 17.4. The van der Waals surface area contributed by atoms with E-state index in [1.165, 1.54) is 18.2 Å². The molecule has 7 nitrogen and oxygen atoms in total. The second-order valence-electron chi connectivity index (χ2n) is 9.07. The largest absolute Gasteiger partial charge is 0.365 e. The van der Waals surface area contributed by atoms with Crippen LogP contribution >= 0.6 is 0 Å². The van der Waals surface area contributed by atoms with Gasteiger partial charge in [0, 0.05) is 11.5 Å².